The lowest BCUT2D eigenvalue weighted by molar-refractivity contribution is -0.119. The molecule has 142 valence electrons. The van der Waals surface area contributed by atoms with E-state index in [1.54, 1.807) is 0 Å². The number of nitrogens with zero attached hydrogens (tertiary/aromatic N) is 1. The van der Waals surface area contributed by atoms with Crippen LogP contribution in [0.5, 0.6) is 0 Å². The molecular formula is C23H28N2O2. The molecule has 0 radical (unpaired) electrons. The number of para-hydroxylation sites is 2. The molecule has 0 saturated carbocycles. The maximum Gasteiger partial charge on any atom is 0.227 e. The first-order chi connectivity index (χ1) is 13.2. The fourth-order valence-electron chi connectivity index (χ4n) is 3.88. The Hall–Kier alpha value is -2.62. The topological polar surface area (TPSA) is 49.4 Å². The van der Waals surface area contributed by atoms with Crippen molar-refractivity contribution in [3.63, 3.8) is 0 Å². The number of hydrogen-bond donors (Lipinski definition) is 1. The third-order valence-corrected chi connectivity index (χ3v) is 5.13. The Balaban J connectivity index is 0.000000143. The van der Waals surface area contributed by atoms with Crippen molar-refractivity contribution in [2.75, 3.05) is 16.8 Å². The van der Waals surface area contributed by atoms with E-state index in [1.807, 2.05) is 36.9 Å². The summed E-state index contributed by atoms with van der Waals surface area (Å²) >= 11 is 0. The standard InChI is InChI=1S/C11H11NO.C10H11NO.C2H6/c13-10-5-4-8-2-1-3-9-6-7-12(10)11(8)9;12-10-7-3-5-8-4-1-2-6-9(8)11-10;1-2/h1-3H,4-7H2;1-2,4,6H,3,5,7H2,(H,11,12);1-2H3. The predicted octanol–water partition coefficient (Wildman–Crippen LogP) is 4.51. The third-order valence-electron chi connectivity index (χ3n) is 5.13. The molecule has 0 fully saturated rings. The summed E-state index contributed by atoms with van der Waals surface area (Å²) in [5.41, 5.74) is 6.17. The minimum absolute atomic E-state index is 0.139. The van der Waals surface area contributed by atoms with Gasteiger partial charge in [0.05, 0.1) is 5.69 Å². The molecule has 0 atom stereocenters. The molecule has 2 amide bonds. The molecular weight excluding hydrogens is 336 g/mol. The van der Waals surface area contributed by atoms with E-state index in [-0.39, 0.29) is 5.91 Å². The van der Waals surface area contributed by atoms with E-state index in [0.29, 0.717) is 18.7 Å². The summed E-state index contributed by atoms with van der Waals surface area (Å²) in [6.45, 7) is 4.89. The summed E-state index contributed by atoms with van der Waals surface area (Å²) in [6.07, 6.45) is 5.27. The highest BCUT2D eigenvalue weighted by Crippen LogP contribution is 2.36. The summed E-state index contributed by atoms with van der Waals surface area (Å²) in [5.74, 6) is 0.442. The van der Waals surface area contributed by atoms with E-state index in [9.17, 15) is 9.59 Å². The number of nitrogens with one attached hydrogen (secondary N) is 1. The zero-order valence-corrected chi connectivity index (χ0v) is 16.3. The van der Waals surface area contributed by atoms with E-state index >= 15 is 0 Å². The Morgan fingerprint density at radius 3 is 2.30 bits per heavy atom. The maximum atomic E-state index is 11.5. The fourth-order valence-corrected chi connectivity index (χ4v) is 3.88. The van der Waals surface area contributed by atoms with E-state index in [1.165, 1.54) is 22.4 Å². The summed E-state index contributed by atoms with van der Waals surface area (Å²) in [4.78, 5) is 24.6. The number of aryl methyl sites for hydroxylation is 2. The van der Waals surface area contributed by atoms with Gasteiger partial charge in [0.15, 0.2) is 0 Å². The SMILES string of the molecule is CC.O=C1CCCc2ccccc2N1.O=C1CCc2cccc3c2N1CC3. The normalized spacial score (nSPS) is 16.6. The Morgan fingerprint density at radius 1 is 0.778 bits per heavy atom. The van der Waals surface area contributed by atoms with E-state index in [0.717, 1.165) is 37.9 Å². The summed E-state index contributed by atoms with van der Waals surface area (Å²) in [7, 11) is 0. The first-order valence-corrected chi connectivity index (χ1v) is 10.0. The third kappa shape index (κ3) is 4.21. The fraction of sp³-hybridized carbons (Fsp3) is 0.391. The maximum absolute atomic E-state index is 11.5. The van der Waals surface area contributed by atoms with Crippen LogP contribution in [0.4, 0.5) is 11.4 Å². The molecule has 0 aliphatic carbocycles. The van der Waals surface area contributed by atoms with Crippen LogP contribution in [0.2, 0.25) is 0 Å². The summed E-state index contributed by atoms with van der Waals surface area (Å²) < 4.78 is 0. The van der Waals surface area contributed by atoms with Crippen LogP contribution < -0.4 is 10.2 Å². The van der Waals surface area contributed by atoms with Gasteiger partial charge in [0.1, 0.15) is 0 Å². The van der Waals surface area contributed by atoms with Gasteiger partial charge in [-0.3, -0.25) is 9.59 Å². The van der Waals surface area contributed by atoms with Crippen LogP contribution >= 0.6 is 0 Å². The zero-order valence-electron chi connectivity index (χ0n) is 16.3. The molecule has 0 spiro atoms. The molecule has 27 heavy (non-hydrogen) atoms. The lowest BCUT2D eigenvalue weighted by Crippen LogP contribution is -2.32. The average molecular weight is 364 g/mol. The molecule has 2 aromatic carbocycles. The number of benzene rings is 2. The largest absolute Gasteiger partial charge is 0.326 e. The van der Waals surface area contributed by atoms with Gasteiger partial charge in [-0.2, -0.15) is 0 Å². The molecule has 1 N–H and O–H groups in total. The summed E-state index contributed by atoms with van der Waals surface area (Å²) in [6, 6.07) is 14.4. The Kier molecular flexibility index (Phi) is 6.28. The van der Waals surface area contributed by atoms with Crippen molar-refractivity contribution < 1.29 is 9.59 Å². The zero-order chi connectivity index (χ0) is 19.2. The molecule has 0 aromatic heterocycles. The highest BCUT2D eigenvalue weighted by molar-refractivity contribution is 5.98. The first kappa shape index (κ1) is 19.2. The lowest BCUT2D eigenvalue weighted by atomic mass is 10.00. The van der Waals surface area contributed by atoms with Gasteiger partial charge in [-0.15, -0.1) is 0 Å². The van der Waals surface area contributed by atoms with Gasteiger partial charge in [-0.25, -0.2) is 0 Å². The second-order valence-electron chi connectivity index (χ2n) is 6.78. The number of anilines is 2. The molecule has 0 unspecified atom stereocenters. The predicted molar refractivity (Wildman–Crippen MR) is 110 cm³/mol. The smallest absolute Gasteiger partial charge is 0.227 e. The van der Waals surface area contributed by atoms with Crippen molar-refractivity contribution in [1.29, 1.82) is 0 Å². The van der Waals surface area contributed by atoms with Crippen LogP contribution in [-0.4, -0.2) is 18.4 Å². The monoisotopic (exact) mass is 364 g/mol. The second-order valence-corrected chi connectivity index (χ2v) is 6.78. The number of fused-ring (bicyclic) bond motifs is 1. The minimum atomic E-state index is 0.139. The molecule has 0 saturated heterocycles. The van der Waals surface area contributed by atoms with Crippen molar-refractivity contribution in [3.05, 3.63) is 59.2 Å². The summed E-state index contributed by atoms with van der Waals surface area (Å²) in [5, 5.41) is 2.88. The van der Waals surface area contributed by atoms with Crippen LogP contribution in [0.3, 0.4) is 0 Å². The quantitative estimate of drug-likeness (QED) is 0.748. The van der Waals surface area contributed by atoms with Gasteiger partial charge < -0.3 is 10.2 Å². The van der Waals surface area contributed by atoms with Crippen molar-refractivity contribution in [1.82, 2.24) is 0 Å². The number of carbonyl (C=O) groups is 2. The van der Waals surface area contributed by atoms with Crippen LogP contribution in [0.1, 0.15) is 49.8 Å². The van der Waals surface area contributed by atoms with Crippen molar-refractivity contribution in [2.24, 2.45) is 0 Å². The van der Waals surface area contributed by atoms with Crippen LogP contribution in [0.15, 0.2) is 42.5 Å². The molecule has 3 aliphatic heterocycles. The van der Waals surface area contributed by atoms with E-state index in [2.05, 4.69) is 29.6 Å². The van der Waals surface area contributed by atoms with Gasteiger partial charge in [-0.1, -0.05) is 50.2 Å². The minimum Gasteiger partial charge on any atom is -0.326 e. The molecule has 5 rings (SSSR count). The van der Waals surface area contributed by atoms with Crippen LogP contribution in [-0.2, 0) is 28.9 Å². The Bertz CT molecular complexity index is 829. The lowest BCUT2D eigenvalue weighted by Gasteiger charge is -2.24. The Morgan fingerprint density at radius 2 is 1.48 bits per heavy atom. The molecule has 3 aliphatic rings. The molecule has 4 heteroatoms. The first-order valence-electron chi connectivity index (χ1n) is 10.0. The van der Waals surface area contributed by atoms with E-state index in [4.69, 9.17) is 0 Å². The number of hydrogen-bond acceptors (Lipinski definition) is 2. The van der Waals surface area contributed by atoms with Crippen LogP contribution in [0, 0.1) is 0 Å². The molecule has 3 heterocycles. The Labute approximate surface area is 161 Å². The highest BCUT2D eigenvalue weighted by atomic mass is 16.2. The van der Waals surface area contributed by atoms with E-state index < -0.39 is 0 Å². The highest BCUT2D eigenvalue weighted by Gasteiger charge is 2.30. The molecule has 4 nitrogen and oxygen atoms in total. The second kappa shape index (κ2) is 8.85. The number of carbonyl (C=O) groups excluding carboxylic acids is 2. The number of amides is 2. The van der Waals surface area contributed by atoms with Crippen LogP contribution in [0.25, 0.3) is 0 Å². The van der Waals surface area contributed by atoms with Crippen molar-refractivity contribution in [2.45, 2.75) is 52.4 Å². The van der Waals surface area contributed by atoms with Crippen molar-refractivity contribution in [3.8, 4) is 0 Å². The van der Waals surface area contributed by atoms with Gasteiger partial charge in [0.25, 0.3) is 0 Å². The van der Waals surface area contributed by atoms with Crippen molar-refractivity contribution >= 4 is 23.2 Å². The molecule has 0 bridgehead atoms. The van der Waals surface area contributed by atoms with Gasteiger partial charge in [0.2, 0.25) is 11.8 Å². The van der Waals surface area contributed by atoms with Gasteiger partial charge in [-0.05, 0) is 48.4 Å². The van der Waals surface area contributed by atoms with Gasteiger partial charge in [0, 0.05) is 25.1 Å². The molecule has 2 aromatic rings. The number of rotatable bonds is 0. The van der Waals surface area contributed by atoms with Gasteiger partial charge >= 0.3 is 0 Å². The average Bonchev–Trinajstić information content (AvgIpc) is 3.05.